The van der Waals surface area contributed by atoms with Crippen LogP contribution in [-0.4, -0.2) is 19.0 Å². The normalized spacial score (nSPS) is 19.0. The Morgan fingerprint density at radius 1 is 0.714 bits per heavy atom. The molecule has 1 rings (SSSR count). The van der Waals surface area contributed by atoms with Crippen LogP contribution < -0.4 is 0 Å². The molecule has 0 bridgehead atoms. The van der Waals surface area contributed by atoms with Crippen molar-refractivity contribution in [1.82, 2.24) is 0 Å². The third-order valence-electron chi connectivity index (χ3n) is 2.87. The van der Waals surface area contributed by atoms with E-state index in [1.807, 2.05) is 36.5 Å². The molecule has 0 unspecified atom stereocenters. The lowest BCUT2D eigenvalue weighted by atomic mass is 9.94. The Kier molecular flexibility index (Phi) is 7.16. The molecule has 2 heteroatoms. The summed E-state index contributed by atoms with van der Waals surface area (Å²) in [6.45, 7) is 15.9. The standard InChI is InChI=1S/C19H22O2/c1-5-9-13-17(11-7-3)19(20-15-16-21-19)18(12-8-4)14-10-6-2/h5-14H,1-4,15-16H2/b13-9-,14-10-,17-11+,18-12+. The van der Waals surface area contributed by atoms with Gasteiger partial charge >= 0.3 is 0 Å². The van der Waals surface area contributed by atoms with Gasteiger partial charge in [0, 0.05) is 11.1 Å². The van der Waals surface area contributed by atoms with Crippen LogP contribution in [0.3, 0.4) is 0 Å². The molecular weight excluding hydrogens is 260 g/mol. The molecule has 0 radical (unpaired) electrons. The van der Waals surface area contributed by atoms with Crippen molar-refractivity contribution in [3.63, 3.8) is 0 Å². The van der Waals surface area contributed by atoms with Gasteiger partial charge in [0.1, 0.15) is 0 Å². The molecule has 0 aromatic heterocycles. The maximum atomic E-state index is 5.94. The second kappa shape index (κ2) is 8.90. The molecule has 1 fully saturated rings. The Bertz CT molecular complexity index is 468. The molecule has 0 atom stereocenters. The van der Waals surface area contributed by atoms with E-state index >= 15 is 0 Å². The Labute approximate surface area is 127 Å². The van der Waals surface area contributed by atoms with Crippen molar-refractivity contribution in [2.45, 2.75) is 5.79 Å². The molecule has 0 saturated carbocycles. The highest BCUT2D eigenvalue weighted by molar-refractivity contribution is 5.46. The fourth-order valence-corrected chi connectivity index (χ4v) is 2.06. The molecule has 0 amide bonds. The van der Waals surface area contributed by atoms with E-state index in [4.69, 9.17) is 9.47 Å². The Morgan fingerprint density at radius 2 is 1.14 bits per heavy atom. The number of allylic oxidation sites excluding steroid dienone is 8. The third kappa shape index (κ3) is 4.15. The predicted octanol–water partition coefficient (Wildman–Crippen LogP) is 4.44. The lowest BCUT2D eigenvalue weighted by molar-refractivity contribution is -0.0883. The molecule has 0 aromatic rings. The first-order valence-electron chi connectivity index (χ1n) is 6.77. The zero-order chi connectivity index (χ0) is 15.6. The zero-order valence-electron chi connectivity index (χ0n) is 12.3. The Balaban J connectivity index is 3.39. The van der Waals surface area contributed by atoms with Crippen LogP contribution >= 0.6 is 0 Å². The second-order valence-electron chi connectivity index (χ2n) is 4.22. The van der Waals surface area contributed by atoms with Crippen LogP contribution in [-0.2, 0) is 9.47 Å². The molecule has 0 aliphatic carbocycles. The summed E-state index contributed by atoms with van der Waals surface area (Å²) in [7, 11) is 0. The predicted molar refractivity (Wildman–Crippen MR) is 89.9 cm³/mol. The van der Waals surface area contributed by atoms with E-state index in [2.05, 4.69) is 26.3 Å². The minimum absolute atomic E-state index is 0.521. The summed E-state index contributed by atoms with van der Waals surface area (Å²) in [5.41, 5.74) is 1.69. The molecule has 110 valence electrons. The summed E-state index contributed by atoms with van der Waals surface area (Å²) in [6, 6.07) is 0. The van der Waals surface area contributed by atoms with Crippen molar-refractivity contribution in [3.8, 4) is 0 Å². The smallest absolute Gasteiger partial charge is 0.222 e. The fourth-order valence-electron chi connectivity index (χ4n) is 2.06. The molecule has 0 spiro atoms. The monoisotopic (exact) mass is 282 g/mol. The van der Waals surface area contributed by atoms with E-state index in [0.29, 0.717) is 13.2 Å². The molecule has 0 aromatic carbocycles. The highest BCUT2D eigenvalue weighted by Crippen LogP contribution is 2.37. The first kappa shape index (κ1) is 16.9. The van der Waals surface area contributed by atoms with Crippen LogP contribution in [0.2, 0.25) is 0 Å². The third-order valence-corrected chi connectivity index (χ3v) is 2.87. The molecular formula is C19H22O2. The van der Waals surface area contributed by atoms with Crippen LogP contribution in [0, 0.1) is 0 Å². The maximum Gasteiger partial charge on any atom is 0.222 e. The largest absolute Gasteiger partial charge is 0.340 e. The summed E-state index contributed by atoms with van der Waals surface area (Å²) >= 11 is 0. The molecule has 1 aliphatic heterocycles. The zero-order valence-corrected chi connectivity index (χ0v) is 12.3. The van der Waals surface area contributed by atoms with E-state index in [1.54, 1.807) is 24.3 Å². The van der Waals surface area contributed by atoms with Crippen molar-refractivity contribution >= 4 is 0 Å². The maximum absolute atomic E-state index is 5.94. The van der Waals surface area contributed by atoms with Crippen LogP contribution in [0.25, 0.3) is 0 Å². The number of hydrogen-bond donors (Lipinski definition) is 0. The van der Waals surface area contributed by atoms with Gasteiger partial charge in [-0.3, -0.25) is 0 Å². The molecule has 1 heterocycles. The van der Waals surface area contributed by atoms with E-state index in [-0.39, 0.29) is 0 Å². The van der Waals surface area contributed by atoms with E-state index < -0.39 is 5.79 Å². The van der Waals surface area contributed by atoms with Crippen molar-refractivity contribution < 1.29 is 9.47 Å². The van der Waals surface area contributed by atoms with E-state index in [9.17, 15) is 0 Å². The van der Waals surface area contributed by atoms with Crippen LogP contribution in [0.1, 0.15) is 0 Å². The number of hydrogen-bond acceptors (Lipinski definition) is 2. The van der Waals surface area contributed by atoms with Gasteiger partial charge in [-0.1, -0.05) is 87.1 Å². The quantitative estimate of drug-likeness (QED) is 0.613. The van der Waals surface area contributed by atoms with Crippen LogP contribution in [0.5, 0.6) is 0 Å². The molecule has 1 aliphatic rings. The summed E-state index contributed by atoms with van der Waals surface area (Å²) in [6.07, 6.45) is 18.0. The highest BCUT2D eigenvalue weighted by Gasteiger charge is 2.41. The number of rotatable bonds is 8. The molecule has 1 saturated heterocycles. The summed E-state index contributed by atoms with van der Waals surface area (Å²) in [5.74, 6) is -0.957. The van der Waals surface area contributed by atoms with Crippen molar-refractivity contribution in [2.24, 2.45) is 0 Å². The SMILES string of the molecule is C=C/C=C\C(=C/C=C)C1(C(/C=C\C=C)=C/C=C)OCCO1. The average molecular weight is 282 g/mol. The lowest BCUT2D eigenvalue weighted by Crippen LogP contribution is -2.34. The molecule has 2 nitrogen and oxygen atoms in total. The average Bonchev–Trinajstić information content (AvgIpc) is 2.98. The fraction of sp³-hybridized carbons (Fsp3) is 0.158. The second-order valence-corrected chi connectivity index (χ2v) is 4.22. The van der Waals surface area contributed by atoms with Crippen LogP contribution in [0.15, 0.2) is 98.2 Å². The molecule has 21 heavy (non-hydrogen) atoms. The summed E-state index contributed by atoms with van der Waals surface area (Å²) in [5, 5.41) is 0. The molecule has 0 N–H and O–H groups in total. The lowest BCUT2D eigenvalue weighted by Gasteiger charge is -2.30. The summed E-state index contributed by atoms with van der Waals surface area (Å²) in [4.78, 5) is 0. The van der Waals surface area contributed by atoms with Gasteiger partial charge in [0.15, 0.2) is 0 Å². The van der Waals surface area contributed by atoms with Gasteiger partial charge < -0.3 is 9.47 Å². The van der Waals surface area contributed by atoms with Gasteiger partial charge in [0.25, 0.3) is 0 Å². The van der Waals surface area contributed by atoms with Gasteiger partial charge in [-0.05, 0) is 0 Å². The van der Waals surface area contributed by atoms with Gasteiger partial charge in [-0.15, -0.1) is 0 Å². The first-order chi connectivity index (χ1) is 10.2. The summed E-state index contributed by atoms with van der Waals surface area (Å²) < 4.78 is 11.9. The van der Waals surface area contributed by atoms with Gasteiger partial charge in [-0.2, -0.15) is 0 Å². The van der Waals surface area contributed by atoms with E-state index in [1.165, 1.54) is 0 Å². The number of ether oxygens (including phenoxy) is 2. The van der Waals surface area contributed by atoms with Crippen molar-refractivity contribution in [2.75, 3.05) is 13.2 Å². The Hall–Kier alpha value is -2.16. The Morgan fingerprint density at radius 3 is 1.48 bits per heavy atom. The van der Waals surface area contributed by atoms with Crippen molar-refractivity contribution in [1.29, 1.82) is 0 Å². The highest BCUT2D eigenvalue weighted by atomic mass is 16.7. The first-order valence-corrected chi connectivity index (χ1v) is 6.77. The minimum Gasteiger partial charge on any atom is -0.340 e. The van der Waals surface area contributed by atoms with Gasteiger partial charge in [0.2, 0.25) is 5.79 Å². The van der Waals surface area contributed by atoms with Gasteiger partial charge in [0.05, 0.1) is 13.2 Å². The van der Waals surface area contributed by atoms with Crippen molar-refractivity contribution in [3.05, 3.63) is 98.2 Å². The van der Waals surface area contributed by atoms with Gasteiger partial charge in [-0.25, -0.2) is 0 Å². The van der Waals surface area contributed by atoms with Crippen LogP contribution in [0.4, 0.5) is 0 Å². The minimum atomic E-state index is -0.957. The topological polar surface area (TPSA) is 18.5 Å². The van der Waals surface area contributed by atoms with E-state index in [0.717, 1.165) is 11.1 Å².